The molecule has 1 aromatic rings. The molecule has 0 aromatic heterocycles. The van der Waals surface area contributed by atoms with Crippen molar-refractivity contribution in [1.82, 2.24) is 5.32 Å². The minimum atomic E-state index is -4.46. The zero-order valence-electron chi connectivity index (χ0n) is 12.7. The first-order chi connectivity index (χ1) is 10.1. The van der Waals surface area contributed by atoms with Gasteiger partial charge in [0.1, 0.15) is 5.60 Å². The van der Waals surface area contributed by atoms with Gasteiger partial charge in [-0.15, -0.1) is 0 Å². The Balaban J connectivity index is 2.27. The quantitative estimate of drug-likeness (QED) is 0.864. The van der Waals surface area contributed by atoms with Gasteiger partial charge >= 0.3 is 12.3 Å². The average Bonchev–Trinajstić information content (AvgIpc) is 2.24. The average molecular weight is 316 g/mol. The first kappa shape index (κ1) is 16.6. The third-order valence-electron chi connectivity index (χ3n) is 3.22. The van der Waals surface area contributed by atoms with Gasteiger partial charge in [-0.3, -0.25) is 5.32 Å². The van der Waals surface area contributed by atoms with E-state index in [2.05, 4.69) is 10.6 Å². The van der Waals surface area contributed by atoms with E-state index in [0.717, 1.165) is 25.1 Å². The molecule has 0 spiro atoms. The van der Waals surface area contributed by atoms with Crippen molar-refractivity contribution < 1.29 is 22.7 Å². The Kier molecular flexibility index (Phi) is 4.37. The van der Waals surface area contributed by atoms with Gasteiger partial charge in [0, 0.05) is 11.7 Å². The van der Waals surface area contributed by atoms with Crippen molar-refractivity contribution >= 4 is 11.8 Å². The van der Waals surface area contributed by atoms with E-state index in [-0.39, 0.29) is 11.7 Å². The van der Waals surface area contributed by atoms with E-state index >= 15 is 0 Å². The number of halogens is 3. The number of amides is 1. The highest BCUT2D eigenvalue weighted by atomic mass is 19.4. The smallest absolute Gasteiger partial charge is 0.416 e. The number of carbonyl (C=O) groups excluding carboxylic acids is 1. The molecule has 1 saturated heterocycles. The number of rotatable bonds is 2. The molecule has 0 aliphatic carbocycles. The van der Waals surface area contributed by atoms with E-state index in [0.29, 0.717) is 5.56 Å². The summed E-state index contributed by atoms with van der Waals surface area (Å²) in [4.78, 5) is 11.8. The number of carbonyl (C=O) groups is 1. The predicted molar refractivity (Wildman–Crippen MR) is 76.7 cm³/mol. The summed E-state index contributed by atoms with van der Waals surface area (Å²) in [5.41, 5.74) is -0.770. The number of hydrogen-bond donors (Lipinski definition) is 2. The molecule has 7 heteroatoms. The minimum Gasteiger partial charge on any atom is -0.444 e. The lowest BCUT2D eigenvalue weighted by atomic mass is 9.95. The summed E-state index contributed by atoms with van der Waals surface area (Å²) in [7, 11) is 0. The summed E-state index contributed by atoms with van der Waals surface area (Å²) >= 11 is 0. The largest absolute Gasteiger partial charge is 0.444 e. The molecule has 0 radical (unpaired) electrons. The van der Waals surface area contributed by atoms with Crippen molar-refractivity contribution in [3.63, 3.8) is 0 Å². The number of alkyl halides is 3. The monoisotopic (exact) mass is 316 g/mol. The third-order valence-corrected chi connectivity index (χ3v) is 3.22. The highest BCUT2D eigenvalue weighted by Crippen LogP contribution is 2.36. The molecule has 1 aromatic carbocycles. The van der Waals surface area contributed by atoms with Crippen molar-refractivity contribution in [2.24, 2.45) is 0 Å². The second-order valence-electron chi connectivity index (χ2n) is 6.22. The fourth-order valence-corrected chi connectivity index (χ4v) is 2.11. The SMILES string of the molecule is CC(C)(C)OC(=O)Nc1cc(C(F)(F)F)ccc1C1CCN1. The topological polar surface area (TPSA) is 50.4 Å². The van der Waals surface area contributed by atoms with E-state index < -0.39 is 23.4 Å². The lowest BCUT2D eigenvalue weighted by Gasteiger charge is -2.30. The molecule has 0 saturated carbocycles. The molecule has 122 valence electrons. The van der Waals surface area contributed by atoms with Crippen LogP contribution < -0.4 is 10.6 Å². The van der Waals surface area contributed by atoms with Crippen LogP contribution in [0, 0.1) is 0 Å². The van der Waals surface area contributed by atoms with E-state index in [9.17, 15) is 18.0 Å². The fourth-order valence-electron chi connectivity index (χ4n) is 2.11. The summed E-state index contributed by atoms with van der Waals surface area (Å²) in [5.74, 6) is 0. The van der Waals surface area contributed by atoms with Gasteiger partial charge in [0.25, 0.3) is 0 Å². The number of anilines is 1. The molecule has 1 unspecified atom stereocenters. The fraction of sp³-hybridized carbons (Fsp3) is 0.533. The van der Waals surface area contributed by atoms with Crippen LogP contribution in [0.25, 0.3) is 0 Å². The van der Waals surface area contributed by atoms with Crippen LogP contribution in [0.15, 0.2) is 18.2 Å². The Morgan fingerprint density at radius 3 is 2.41 bits per heavy atom. The molecule has 22 heavy (non-hydrogen) atoms. The zero-order valence-corrected chi connectivity index (χ0v) is 12.7. The Morgan fingerprint density at radius 2 is 1.95 bits per heavy atom. The summed E-state index contributed by atoms with van der Waals surface area (Å²) in [6.45, 7) is 5.87. The van der Waals surface area contributed by atoms with Crippen molar-refractivity contribution in [1.29, 1.82) is 0 Å². The molecule has 0 bridgehead atoms. The minimum absolute atomic E-state index is 0.0489. The molecule has 1 aliphatic rings. The van der Waals surface area contributed by atoms with Gasteiger partial charge in [0.05, 0.1) is 5.56 Å². The maximum atomic E-state index is 12.8. The highest BCUT2D eigenvalue weighted by molar-refractivity contribution is 5.86. The molecule has 4 nitrogen and oxygen atoms in total. The van der Waals surface area contributed by atoms with Gasteiger partial charge in [0.15, 0.2) is 0 Å². The Morgan fingerprint density at radius 1 is 1.32 bits per heavy atom. The first-order valence-electron chi connectivity index (χ1n) is 7.01. The standard InChI is InChI=1S/C15H19F3N2O2/c1-14(2,3)22-13(21)20-12-8-9(15(16,17)18)4-5-10(12)11-6-7-19-11/h4-5,8,11,19H,6-7H2,1-3H3,(H,20,21). The molecular weight excluding hydrogens is 297 g/mol. The molecule has 1 fully saturated rings. The predicted octanol–water partition coefficient (Wildman–Crippen LogP) is 4.09. The highest BCUT2D eigenvalue weighted by Gasteiger charge is 2.32. The summed E-state index contributed by atoms with van der Waals surface area (Å²) < 4.78 is 43.6. The van der Waals surface area contributed by atoms with Crippen LogP contribution in [-0.4, -0.2) is 18.2 Å². The van der Waals surface area contributed by atoms with E-state index in [4.69, 9.17) is 4.74 Å². The zero-order chi connectivity index (χ0) is 16.5. The number of benzene rings is 1. The van der Waals surface area contributed by atoms with Crippen LogP contribution in [-0.2, 0) is 10.9 Å². The molecule has 2 N–H and O–H groups in total. The Labute approximate surface area is 127 Å². The van der Waals surface area contributed by atoms with Crippen LogP contribution in [0.3, 0.4) is 0 Å². The lowest BCUT2D eigenvalue weighted by Crippen LogP contribution is -2.36. The lowest BCUT2D eigenvalue weighted by molar-refractivity contribution is -0.137. The maximum Gasteiger partial charge on any atom is 0.416 e. The van der Waals surface area contributed by atoms with E-state index in [1.807, 2.05) is 0 Å². The van der Waals surface area contributed by atoms with Gasteiger partial charge in [-0.05, 0) is 51.4 Å². The number of hydrogen-bond acceptors (Lipinski definition) is 3. The van der Waals surface area contributed by atoms with Crippen LogP contribution in [0.1, 0.15) is 44.4 Å². The third kappa shape index (κ3) is 4.13. The Hall–Kier alpha value is -1.76. The molecule has 1 heterocycles. The number of nitrogens with one attached hydrogen (secondary N) is 2. The molecular formula is C15H19F3N2O2. The maximum absolute atomic E-state index is 12.8. The summed E-state index contributed by atoms with van der Waals surface area (Å²) in [5, 5.41) is 5.54. The van der Waals surface area contributed by atoms with Crippen molar-refractivity contribution in [3.8, 4) is 0 Å². The molecule has 1 atom stereocenters. The van der Waals surface area contributed by atoms with Crippen molar-refractivity contribution in [2.75, 3.05) is 11.9 Å². The summed E-state index contributed by atoms with van der Waals surface area (Å²) in [6, 6.07) is 3.31. The number of ether oxygens (including phenoxy) is 1. The van der Waals surface area contributed by atoms with Gasteiger partial charge in [-0.1, -0.05) is 6.07 Å². The van der Waals surface area contributed by atoms with Gasteiger partial charge in [0.2, 0.25) is 0 Å². The summed E-state index contributed by atoms with van der Waals surface area (Å²) in [6.07, 6.45) is -4.42. The molecule has 1 aliphatic heterocycles. The van der Waals surface area contributed by atoms with Crippen LogP contribution in [0.2, 0.25) is 0 Å². The van der Waals surface area contributed by atoms with Crippen LogP contribution in [0.4, 0.5) is 23.7 Å². The van der Waals surface area contributed by atoms with Crippen LogP contribution >= 0.6 is 0 Å². The van der Waals surface area contributed by atoms with Crippen molar-refractivity contribution in [2.45, 2.75) is 45.0 Å². The van der Waals surface area contributed by atoms with Crippen molar-refractivity contribution in [3.05, 3.63) is 29.3 Å². The molecule has 2 rings (SSSR count). The second-order valence-corrected chi connectivity index (χ2v) is 6.22. The van der Waals surface area contributed by atoms with E-state index in [1.54, 1.807) is 20.8 Å². The van der Waals surface area contributed by atoms with Gasteiger partial charge in [-0.2, -0.15) is 13.2 Å². The normalized spacial score (nSPS) is 18.5. The van der Waals surface area contributed by atoms with Gasteiger partial charge in [-0.25, -0.2) is 4.79 Å². The first-order valence-corrected chi connectivity index (χ1v) is 7.01. The second kappa shape index (κ2) is 5.79. The van der Waals surface area contributed by atoms with Gasteiger partial charge < -0.3 is 10.1 Å². The van der Waals surface area contributed by atoms with Crippen LogP contribution in [0.5, 0.6) is 0 Å². The molecule has 1 amide bonds. The Bertz CT molecular complexity index is 561. The van der Waals surface area contributed by atoms with E-state index in [1.165, 1.54) is 6.07 Å².